The summed E-state index contributed by atoms with van der Waals surface area (Å²) >= 11 is 0. The molecule has 0 saturated carbocycles. The van der Waals surface area contributed by atoms with E-state index in [1.165, 1.54) is 13.2 Å². The third-order valence-electron chi connectivity index (χ3n) is 1.65. The van der Waals surface area contributed by atoms with Gasteiger partial charge in [-0.15, -0.1) is 0 Å². The van der Waals surface area contributed by atoms with Crippen LogP contribution in [0.5, 0.6) is 0 Å². The summed E-state index contributed by atoms with van der Waals surface area (Å²) < 4.78 is 37.2. The second-order valence-corrected chi connectivity index (χ2v) is 2.54. The SMILES string of the molecule is CNC(c1cncc(F)c1)C(F)F. The molecule has 1 aromatic heterocycles. The van der Waals surface area contributed by atoms with Crippen LogP contribution in [0.3, 0.4) is 0 Å². The highest BCUT2D eigenvalue weighted by molar-refractivity contribution is 5.15. The van der Waals surface area contributed by atoms with Gasteiger partial charge in [-0.1, -0.05) is 0 Å². The van der Waals surface area contributed by atoms with Gasteiger partial charge < -0.3 is 5.32 Å². The molecule has 1 atom stereocenters. The normalized spacial score (nSPS) is 13.3. The Morgan fingerprint density at radius 2 is 2.08 bits per heavy atom. The van der Waals surface area contributed by atoms with E-state index in [0.29, 0.717) is 0 Å². The predicted molar refractivity (Wildman–Crippen MR) is 42.0 cm³/mol. The third kappa shape index (κ3) is 2.42. The van der Waals surface area contributed by atoms with E-state index in [1.54, 1.807) is 0 Å². The standard InChI is InChI=1S/C8H9F3N2/c1-12-7(8(10)11)5-2-6(9)4-13-3-5/h2-4,7-8,12H,1H3. The van der Waals surface area contributed by atoms with Crippen molar-refractivity contribution in [3.8, 4) is 0 Å². The summed E-state index contributed by atoms with van der Waals surface area (Å²) in [5, 5.41) is 2.39. The van der Waals surface area contributed by atoms with Crippen LogP contribution in [0.15, 0.2) is 18.5 Å². The number of alkyl halides is 2. The van der Waals surface area contributed by atoms with E-state index in [2.05, 4.69) is 10.3 Å². The Kier molecular flexibility index (Phi) is 3.25. The topological polar surface area (TPSA) is 24.9 Å². The lowest BCUT2D eigenvalue weighted by atomic mass is 10.1. The van der Waals surface area contributed by atoms with E-state index in [-0.39, 0.29) is 5.56 Å². The molecule has 0 radical (unpaired) electrons. The van der Waals surface area contributed by atoms with Crippen molar-refractivity contribution in [2.75, 3.05) is 7.05 Å². The Bertz CT molecular complexity index is 278. The van der Waals surface area contributed by atoms with Crippen molar-refractivity contribution < 1.29 is 13.2 Å². The van der Waals surface area contributed by atoms with E-state index in [9.17, 15) is 13.2 Å². The molecule has 5 heteroatoms. The number of rotatable bonds is 3. The highest BCUT2D eigenvalue weighted by atomic mass is 19.3. The first kappa shape index (κ1) is 9.98. The van der Waals surface area contributed by atoms with Gasteiger partial charge in [0.15, 0.2) is 0 Å². The second kappa shape index (κ2) is 4.23. The quantitative estimate of drug-likeness (QED) is 0.785. The molecule has 0 saturated heterocycles. The first-order chi connectivity index (χ1) is 6.15. The molecule has 1 rings (SSSR count). The maximum atomic E-state index is 12.6. The van der Waals surface area contributed by atoms with Gasteiger partial charge in [0.1, 0.15) is 5.82 Å². The first-order valence-corrected chi connectivity index (χ1v) is 3.71. The van der Waals surface area contributed by atoms with E-state index >= 15 is 0 Å². The van der Waals surface area contributed by atoms with Crippen LogP contribution < -0.4 is 5.32 Å². The zero-order chi connectivity index (χ0) is 9.84. The maximum Gasteiger partial charge on any atom is 0.257 e. The monoisotopic (exact) mass is 190 g/mol. The van der Waals surface area contributed by atoms with Crippen LogP contribution in [0, 0.1) is 5.82 Å². The number of hydrogen-bond donors (Lipinski definition) is 1. The molecule has 0 aliphatic rings. The van der Waals surface area contributed by atoms with Crippen molar-refractivity contribution in [2.24, 2.45) is 0 Å². The van der Waals surface area contributed by atoms with Crippen LogP contribution in [0.2, 0.25) is 0 Å². The molecule has 1 N–H and O–H groups in total. The van der Waals surface area contributed by atoms with Gasteiger partial charge in [-0.05, 0) is 18.7 Å². The fourth-order valence-electron chi connectivity index (χ4n) is 1.04. The van der Waals surface area contributed by atoms with Crippen LogP contribution in [0.4, 0.5) is 13.2 Å². The molecule has 0 aliphatic heterocycles. The van der Waals surface area contributed by atoms with E-state index in [0.717, 1.165) is 12.3 Å². The van der Waals surface area contributed by atoms with Crippen molar-refractivity contribution >= 4 is 0 Å². The van der Waals surface area contributed by atoms with E-state index < -0.39 is 18.3 Å². The van der Waals surface area contributed by atoms with E-state index in [1.807, 2.05) is 0 Å². The molecule has 0 aliphatic carbocycles. The Labute approximate surface area is 73.8 Å². The minimum atomic E-state index is -2.58. The summed E-state index contributed by atoms with van der Waals surface area (Å²) in [6.07, 6.45) is -0.383. The average molecular weight is 190 g/mol. The molecular weight excluding hydrogens is 181 g/mol. The molecule has 1 unspecified atom stereocenters. The van der Waals surface area contributed by atoms with E-state index in [4.69, 9.17) is 0 Å². The molecule has 72 valence electrons. The van der Waals surface area contributed by atoms with Gasteiger partial charge in [-0.3, -0.25) is 4.98 Å². The maximum absolute atomic E-state index is 12.6. The molecule has 0 fully saturated rings. The smallest absolute Gasteiger partial charge is 0.257 e. The molecule has 1 aromatic rings. The molecule has 0 spiro atoms. The van der Waals surface area contributed by atoms with Crippen molar-refractivity contribution in [1.29, 1.82) is 0 Å². The fraction of sp³-hybridized carbons (Fsp3) is 0.375. The Morgan fingerprint density at radius 3 is 2.54 bits per heavy atom. The second-order valence-electron chi connectivity index (χ2n) is 2.54. The average Bonchev–Trinajstić information content (AvgIpc) is 2.04. The number of halogens is 3. The minimum absolute atomic E-state index is 0.150. The fourth-order valence-corrected chi connectivity index (χ4v) is 1.04. The van der Waals surface area contributed by atoms with Crippen molar-refractivity contribution in [3.05, 3.63) is 29.8 Å². The summed E-state index contributed by atoms with van der Waals surface area (Å²) in [6, 6.07) is -0.122. The molecule has 0 aromatic carbocycles. The summed E-state index contributed by atoms with van der Waals surface area (Å²) in [5.74, 6) is -0.613. The largest absolute Gasteiger partial charge is 0.308 e. The van der Waals surface area contributed by atoms with Crippen LogP contribution >= 0.6 is 0 Å². The van der Waals surface area contributed by atoms with Gasteiger partial charge >= 0.3 is 0 Å². The number of nitrogens with zero attached hydrogens (tertiary/aromatic N) is 1. The molecular formula is C8H9F3N2. The van der Waals surface area contributed by atoms with Gasteiger partial charge in [0.05, 0.1) is 12.2 Å². The van der Waals surface area contributed by atoms with Crippen LogP contribution in [-0.4, -0.2) is 18.5 Å². The van der Waals surface area contributed by atoms with Crippen LogP contribution in [0.1, 0.15) is 11.6 Å². The lowest BCUT2D eigenvalue weighted by molar-refractivity contribution is 0.102. The summed E-state index contributed by atoms with van der Waals surface area (Å²) in [7, 11) is 1.39. The number of nitrogens with one attached hydrogen (secondary N) is 1. The van der Waals surface area contributed by atoms with Gasteiger partial charge in [-0.2, -0.15) is 0 Å². The third-order valence-corrected chi connectivity index (χ3v) is 1.65. The summed E-state index contributed by atoms with van der Waals surface area (Å²) in [5.41, 5.74) is 0.150. The molecule has 1 heterocycles. The lowest BCUT2D eigenvalue weighted by Gasteiger charge is -2.14. The van der Waals surface area contributed by atoms with Crippen molar-refractivity contribution in [3.63, 3.8) is 0 Å². The Morgan fingerprint density at radius 1 is 1.38 bits per heavy atom. The number of aromatic nitrogens is 1. The molecule has 2 nitrogen and oxygen atoms in total. The van der Waals surface area contributed by atoms with Crippen molar-refractivity contribution in [1.82, 2.24) is 10.3 Å². The number of pyridine rings is 1. The van der Waals surface area contributed by atoms with Gasteiger partial charge in [-0.25, -0.2) is 13.2 Å². The summed E-state index contributed by atoms with van der Waals surface area (Å²) in [6.45, 7) is 0. The van der Waals surface area contributed by atoms with Gasteiger partial charge in [0.25, 0.3) is 6.43 Å². The predicted octanol–water partition coefficient (Wildman–Crippen LogP) is 1.75. The Balaban J connectivity index is 2.91. The highest BCUT2D eigenvalue weighted by Crippen LogP contribution is 2.19. The molecule has 0 amide bonds. The Hall–Kier alpha value is -1.10. The summed E-state index contributed by atoms with van der Waals surface area (Å²) in [4.78, 5) is 3.49. The van der Waals surface area contributed by atoms with Gasteiger partial charge in [0.2, 0.25) is 0 Å². The first-order valence-electron chi connectivity index (χ1n) is 3.71. The zero-order valence-corrected chi connectivity index (χ0v) is 6.97. The molecule has 13 heavy (non-hydrogen) atoms. The highest BCUT2D eigenvalue weighted by Gasteiger charge is 2.20. The zero-order valence-electron chi connectivity index (χ0n) is 6.97. The number of hydrogen-bond acceptors (Lipinski definition) is 2. The lowest BCUT2D eigenvalue weighted by Crippen LogP contribution is -2.23. The van der Waals surface area contributed by atoms with Gasteiger partial charge in [0, 0.05) is 6.20 Å². The molecule has 0 bridgehead atoms. The van der Waals surface area contributed by atoms with Crippen LogP contribution in [0.25, 0.3) is 0 Å². The minimum Gasteiger partial charge on any atom is -0.308 e. The van der Waals surface area contributed by atoms with Crippen LogP contribution in [-0.2, 0) is 0 Å². The van der Waals surface area contributed by atoms with Crippen molar-refractivity contribution in [2.45, 2.75) is 12.5 Å².